The van der Waals surface area contributed by atoms with Crippen LogP contribution >= 0.6 is 0 Å². The van der Waals surface area contributed by atoms with Crippen LogP contribution < -0.4 is 0 Å². The van der Waals surface area contributed by atoms with E-state index >= 15 is 0 Å². The van der Waals surface area contributed by atoms with E-state index in [9.17, 15) is 4.91 Å². The van der Waals surface area contributed by atoms with E-state index < -0.39 is 0 Å². The lowest BCUT2D eigenvalue weighted by Crippen LogP contribution is -2.33. The lowest BCUT2D eigenvalue weighted by Gasteiger charge is -2.28. The van der Waals surface area contributed by atoms with Gasteiger partial charge in [-0.1, -0.05) is 6.08 Å². The van der Waals surface area contributed by atoms with Crippen LogP contribution in [0.4, 0.5) is 0 Å². The van der Waals surface area contributed by atoms with E-state index in [2.05, 4.69) is 21.0 Å². The van der Waals surface area contributed by atoms with Gasteiger partial charge in [0.05, 0.1) is 0 Å². The molecule has 0 aromatic carbocycles. The van der Waals surface area contributed by atoms with E-state index in [1.807, 2.05) is 31.7 Å². The summed E-state index contributed by atoms with van der Waals surface area (Å²) in [4.78, 5) is 14.2. The maximum atomic E-state index is 10.1. The molecule has 0 aliphatic carbocycles. The first-order valence-corrected chi connectivity index (χ1v) is 4.17. The number of rotatable bonds is 2. The van der Waals surface area contributed by atoms with Gasteiger partial charge in [0.1, 0.15) is 6.17 Å². The third-order valence-electron chi connectivity index (χ3n) is 2.24. The van der Waals surface area contributed by atoms with Crippen LogP contribution in [0.2, 0.25) is 0 Å². The average molecular weight is 175 g/mol. The molecule has 2 heterocycles. The Kier molecular flexibility index (Phi) is 1.92. The molecule has 0 saturated carbocycles. The molecule has 0 radical (unpaired) electrons. The first-order valence-electron chi connectivity index (χ1n) is 4.17. The smallest absolute Gasteiger partial charge is 0.354 e. The van der Waals surface area contributed by atoms with Gasteiger partial charge >= 0.3 is 7.41 Å². The Morgan fingerprint density at radius 2 is 2.38 bits per heavy atom. The standard InChI is InChI=1S/C8H10BN3O/c1-11-4-5-12-6-7(9-10-13)2-3-8(11)12/h2-6,8-9H,1H3. The van der Waals surface area contributed by atoms with Gasteiger partial charge in [0.15, 0.2) is 0 Å². The second-order valence-corrected chi connectivity index (χ2v) is 3.17. The Balaban J connectivity index is 2.15. The molecule has 0 aromatic heterocycles. The number of fused-ring (bicyclic) bond motifs is 1. The Bertz CT molecular complexity index is 311. The molecule has 0 spiro atoms. The Labute approximate surface area is 77.4 Å². The van der Waals surface area contributed by atoms with Crippen molar-refractivity contribution in [2.75, 3.05) is 7.05 Å². The van der Waals surface area contributed by atoms with Gasteiger partial charge in [-0.05, 0) is 11.5 Å². The first kappa shape index (κ1) is 8.10. The zero-order valence-electron chi connectivity index (χ0n) is 7.42. The number of allylic oxidation sites excluding steroid dienone is 2. The molecule has 2 rings (SSSR count). The fourth-order valence-electron chi connectivity index (χ4n) is 1.54. The third-order valence-corrected chi connectivity index (χ3v) is 2.24. The molecule has 2 aliphatic heterocycles. The molecule has 5 heteroatoms. The van der Waals surface area contributed by atoms with Crippen LogP contribution in [0.5, 0.6) is 0 Å². The van der Waals surface area contributed by atoms with Crippen LogP contribution in [-0.2, 0) is 0 Å². The summed E-state index contributed by atoms with van der Waals surface area (Å²) in [6.07, 6.45) is 10.2. The van der Waals surface area contributed by atoms with Gasteiger partial charge in [0, 0.05) is 25.6 Å². The minimum Gasteiger partial charge on any atom is -0.356 e. The van der Waals surface area contributed by atoms with Crippen molar-refractivity contribution in [3.05, 3.63) is 41.1 Å². The fraction of sp³-hybridized carbons (Fsp3) is 0.250. The topological polar surface area (TPSA) is 35.9 Å². The van der Waals surface area contributed by atoms with Crippen molar-refractivity contribution in [3.63, 3.8) is 0 Å². The van der Waals surface area contributed by atoms with Crippen molar-refractivity contribution in [2.24, 2.45) is 5.09 Å². The van der Waals surface area contributed by atoms with E-state index in [0.717, 1.165) is 5.47 Å². The highest BCUT2D eigenvalue weighted by Crippen LogP contribution is 2.20. The van der Waals surface area contributed by atoms with E-state index in [1.54, 1.807) is 0 Å². The van der Waals surface area contributed by atoms with Crippen LogP contribution in [-0.4, -0.2) is 30.4 Å². The van der Waals surface area contributed by atoms with Gasteiger partial charge in [0.2, 0.25) is 0 Å². The summed E-state index contributed by atoms with van der Waals surface area (Å²) in [5, 5.41) is 2.86. The van der Waals surface area contributed by atoms with Crippen molar-refractivity contribution < 1.29 is 0 Å². The summed E-state index contributed by atoms with van der Waals surface area (Å²) in [6, 6.07) is 0. The van der Waals surface area contributed by atoms with Gasteiger partial charge < -0.3 is 9.80 Å². The first-order chi connectivity index (χ1) is 6.31. The number of likely N-dealkylation sites (N-methyl/N-ethyl adjacent to an activating group) is 1. The summed E-state index contributed by atoms with van der Waals surface area (Å²) >= 11 is 0. The lowest BCUT2D eigenvalue weighted by molar-refractivity contribution is 0.275. The lowest BCUT2D eigenvalue weighted by atomic mass is 9.83. The quantitative estimate of drug-likeness (QED) is 0.454. The minimum absolute atomic E-state index is 0.247. The van der Waals surface area contributed by atoms with Crippen molar-refractivity contribution >= 4 is 7.41 Å². The van der Waals surface area contributed by atoms with Crippen molar-refractivity contribution in [1.82, 2.24) is 9.80 Å². The molecular weight excluding hydrogens is 165 g/mol. The van der Waals surface area contributed by atoms with E-state index in [1.165, 1.54) is 0 Å². The largest absolute Gasteiger partial charge is 0.356 e. The van der Waals surface area contributed by atoms with Crippen LogP contribution in [0, 0.1) is 4.91 Å². The molecule has 0 bridgehead atoms. The number of hydrogen-bond acceptors (Lipinski definition) is 4. The molecule has 1 unspecified atom stereocenters. The van der Waals surface area contributed by atoms with E-state index in [0.29, 0.717) is 0 Å². The summed E-state index contributed by atoms with van der Waals surface area (Å²) < 4.78 is 0. The highest BCUT2D eigenvalue weighted by molar-refractivity contribution is 6.44. The summed E-state index contributed by atoms with van der Waals surface area (Å²) in [5.74, 6) is 0. The van der Waals surface area contributed by atoms with Crippen LogP contribution in [0.1, 0.15) is 0 Å². The molecule has 4 nitrogen and oxygen atoms in total. The molecule has 66 valence electrons. The number of nitroso groups, excluding NO2 is 1. The average Bonchev–Trinajstić information content (AvgIpc) is 2.48. The maximum absolute atomic E-state index is 10.1. The molecule has 0 N–H and O–H groups in total. The second-order valence-electron chi connectivity index (χ2n) is 3.17. The maximum Gasteiger partial charge on any atom is 0.354 e. The number of nitrogens with zero attached hydrogens (tertiary/aromatic N) is 3. The Morgan fingerprint density at radius 1 is 1.54 bits per heavy atom. The van der Waals surface area contributed by atoms with Gasteiger partial charge in [-0.2, -0.15) is 4.91 Å². The SMILES string of the molecule is CN1C=CN2C=C(BN=O)C=CC12. The van der Waals surface area contributed by atoms with Crippen molar-refractivity contribution in [1.29, 1.82) is 0 Å². The van der Waals surface area contributed by atoms with Crippen LogP contribution in [0.25, 0.3) is 0 Å². The number of hydrogen-bond donors (Lipinski definition) is 0. The van der Waals surface area contributed by atoms with Gasteiger partial charge in [-0.25, -0.2) is 0 Å². The molecule has 0 aromatic rings. The normalized spacial score (nSPS) is 24.4. The zero-order valence-corrected chi connectivity index (χ0v) is 7.42. The molecular formula is C8H10BN3O. The summed E-state index contributed by atoms with van der Waals surface area (Å²) in [7, 11) is 2.26. The van der Waals surface area contributed by atoms with Gasteiger partial charge in [0.25, 0.3) is 0 Å². The monoisotopic (exact) mass is 175 g/mol. The molecule has 1 atom stereocenters. The summed E-state index contributed by atoms with van der Waals surface area (Å²) in [5.41, 5.74) is 0.950. The Morgan fingerprint density at radius 3 is 3.15 bits per heavy atom. The van der Waals surface area contributed by atoms with Crippen LogP contribution in [0.15, 0.2) is 41.3 Å². The highest BCUT2D eigenvalue weighted by atomic mass is 16.2. The predicted octanol–water partition coefficient (Wildman–Crippen LogP) is 0.560. The predicted molar refractivity (Wildman–Crippen MR) is 52.7 cm³/mol. The molecule has 2 aliphatic rings. The van der Waals surface area contributed by atoms with Gasteiger partial charge in [-0.15, -0.1) is 5.09 Å². The second kappa shape index (κ2) is 3.09. The molecule has 0 amide bonds. The van der Waals surface area contributed by atoms with E-state index in [-0.39, 0.29) is 13.6 Å². The fourth-order valence-corrected chi connectivity index (χ4v) is 1.54. The molecule has 13 heavy (non-hydrogen) atoms. The van der Waals surface area contributed by atoms with E-state index in [4.69, 9.17) is 0 Å². The molecule has 0 saturated heterocycles. The Hall–Kier alpha value is -1.52. The minimum atomic E-state index is 0.247. The third kappa shape index (κ3) is 1.37. The van der Waals surface area contributed by atoms with Crippen molar-refractivity contribution in [2.45, 2.75) is 6.17 Å². The highest BCUT2D eigenvalue weighted by Gasteiger charge is 2.22. The summed E-state index contributed by atoms with van der Waals surface area (Å²) in [6.45, 7) is 0. The van der Waals surface area contributed by atoms with Crippen LogP contribution in [0.3, 0.4) is 0 Å². The zero-order chi connectivity index (χ0) is 9.26. The van der Waals surface area contributed by atoms with Crippen molar-refractivity contribution in [3.8, 4) is 0 Å². The van der Waals surface area contributed by atoms with Gasteiger partial charge in [-0.3, -0.25) is 0 Å². The molecule has 0 fully saturated rings.